The first-order chi connectivity index (χ1) is 11.1. The Morgan fingerprint density at radius 2 is 1.88 bits per heavy atom. The summed E-state index contributed by atoms with van der Waals surface area (Å²) in [6, 6.07) is 9.09. The molecule has 0 aromatic heterocycles. The summed E-state index contributed by atoms with van der Waals surface area (Å²) in [6.45, 7) is 0. The van der Waals surface area contributed by atoms with Crippen LogP contribution < -0.4 is 11.1 Å². The molecule has 0 aliphatic heterocycles. The van der Waals surface area contributed by atoms with Crippen molar-refractivity contribution < 1.29 is 4.79 Å². The van der Waals surface area contributed by atoms with Crippen LogP contribution in [0.3, 0.4) is 0 Å². The molecule has 1 aromatic rings. The highest BCUT2D eigenvalue weighted by Gasteiger charge is 2.47. The van der Waals surface area contributed by atoms with Crippen molar-refractivity contribution >= 4 is 34.2 Å². The molecule has 3 nitrogen and oxygen atoms in total. The Kier molecular flexibility index (Phi) is 5.58. The fraction of sp³-hybridized carbons (Fsp3) is 0.632. The van der Waals surface area contributed by atoms with Crippen LogP contribution in [0.4, 0.5) is 0 Å². The van der Waals surface area contributed by atoms with Crippen LogP contribution >= 0.6 is 28.3 Å². The zero-order chi connectivity index (χ0) is 16.0. The fourth-order valence-corrected chi connectivity index (χ4v) is 5.30. The zero-order valence-corrected chi connectivity index (χ0v) is 16.2. The van der Waals surface area contributed by atoms with Gasteiger partial charge in [0.25, 0.3) is 0 Å². The third-order valence-corrected chi connectivity index (χ3v) is 6.58. The maximum absolute atomic E-state index is 12.7. The third kappa shape index (κ3) is 3.66. The normalized spacial score (nSPS) is 37.2. The molecule has 0 heterocycles. The van der Waals surface area contributed by atoms with Crippen LogP contribution in [0.25, 0.3) is 0 Å². The molecule has 3 saturated carbocycles. The molecule has 3 aliphatic carbocycles. The van der Waals surface area contributed by atoms with Gasteiger partial charge in [-0.15, -0.1) is 12.4 Å². The lowest BCUT2D eigenvalue weighted by Gasteiger charge is -2.45. The van der Waals surface area contributed by atoms with Gasteiger partial charge >= 0.3 is 0 Å². The maximum atomic E-state index is 12.7. The molecule has 132 valence electrons. The van der Waals surface area contributed by atoms with Gasteiger partial charge in [0.1, 0.15) is 0 Å². The minimum atomic E-state index is 0. The van der Waals surface area contributed by atoms with Crippen molar-refractivity contribution in [1.82, 2.24) is 5.32 Å². The van der Waals surface area contributed by atoms with Crippen LogP contribution in [0.1, 0.15) is 50.0 Å². The van der Waals surface area contributed by atoms with E-state index >= 15 is 0 Å². The Morgan fingerprint density at radius 3 is 2.54 bits per heavy atom. The molecule has 3 N–H and O–H groups in total. The molecule has 3 aliphatic rings. The number of hydrogen-bond donors (Lipinski definition) is 2. The number of amides is 1. The van der Waals surface area contributed by atoms with Gasteiger partial charge in [0.2, 0.25) is 5.91 Å². The molecular formula is C19H26BrClN2O. The highest BCUT2D eigenvalue weighted by Crippen LogP contribution is 2.48. The molecule has 24 heavy (non-hydrogen) atoms. The zero-order valence-electron chi connectivity index (χ0n) is 13.8. The predicted molar refractivity (Wildman–Crippen MR) is 102 cm³/mol. The number of nitrogens with two attached hydrogens (primary N) is 1. The molecule has 4 unspecified atom stereocenters. The standard InChI is InChI=1S/C19H25BrN2O.ClH/c20-14-6-2-3-11(7-14)16-10-17(16)19(23)22-18-12-4-1-5-13(18)9-15(21)8-12;/h2-3,6-7,12-13,15-18H,1,4-5,8-10,21H2,(H,22,23);1H. The van der Waals surface area contributed by atoms with Gasteiger partial charge in [-0.05, 0) is 67.6 Å². The van der Waals surface area contributed by atoms with Crippen LogP contribution in [-0.2, 0) is 4.79 Å². The van der Waals surface area contributed by atoms with Gasteiger partial charge in [0, 0.05) is 22.5 Å². The molecule has 0 saturated heterocycles. The number of fused-ring (bicyclic) bond motifs is 2. The van der Waals surface area contributed by atoms with E-state index in [1.165, 1.54) is 24.8 Å². The highest BCUT2D eigenvalue weighted by atomic mass is 79.9. The Morgan fingerprint density at radius 1 is 1.17 bits per heavy atom. The number of nitrogens with one attached hydrogen (secondary N) is 1. The van der Waals surface area contributed by atoms with E-state index in [2.05, 4.69) is 39.4 Å². The van der Waals surface area contributed by atoms with Crippen molar-refractivity contribution in [3.8, 4) is 0 Å². The second-order valence-electron chi connectivity index (χ2n) is 7.72. The summed E-state index contributed by atoms with van der Waals surface area (Å²) in [5.41, 5.74) is 7.47. The molecular weight excluding hydrogens is 388 g/mol. The maximum Gasteiger partial charge on any atom is 0.223 e. The van der Waals surface area contributed by atoms with Crippen molar-refractivity contribution in [2.24, 2.45) is 23.5 Å². The van der Waals surface area contributed by atoms with Gasteiger partial charge in [0.15, 0.2) is 0 Å². The van der Waals surface area contributed by atoms with E-state index in [0.717, 1.165) is 23.7 Å². The molecule has 0 spiro atoms. The van der Waals surface area contributed by atoms with Crippen LogP contribution in [-0.4, -0.2) is 18.0 Å². The number of hydrogen-bond acceptors (Lipinski definition) is 2. The van der Waals surface area contributed by atoms with Gasteiger partial charge in [-0.1, -0.05) is 34.5 Å². The summed E-state index contributed by atoms with van der Waals surface area (Å²) in [5.74, 6) is 2.04. The Labute approximate surface area is 158 Å². The van der Waals surface area contributed by atoms with Crippen molar-refractivity contribution in [2.75, 3.05) is 0 Å². The lowest BCUT2D eigenvalue weighted by molar-refractivity contribution is -0.124. The average molecular weight is 414 g/mol. The highest BCUT2D eigenvalue weighted by molar-refractivity contribution is 9.10. The summed E-state index contributed by atoms with van der Waals surface area (Å²) in [4.78, 5) is 12.7. The van der Waals surface area contributed by atoms with Crippen LogP contribution in [0, 0.1) is 17.8 Å². The van der Waals surface area contributed by atoms with E-state index in [0.29, 0.717) is 29.8 Å². The lowest BCUT2D eigenvalue weighted by Crippen LogP contribution is -2.54. The monoisotopic (exact) mass is 412 g/mol. The van der Waals surface area contributed by atoms with E-state index in [4.69, 9.17) is 5.73 Å². The molecule has 5 heteroatoms. The van der Waals surface area contributed by atoms with Crippen molar-refractivity contribution in [3.63, 3.8) is 0 Å². The van der Waals surface area contributed by atoms with Crippen molar-refractivity contribution in [3.05, 3.63) is 34.3 Å². The van der Waals surface area contributed by atoms with Crippen LogP contribution in [0.5, 0.6) is 0 Å². The van der Waals surface area contributed by atoms with Crippen molar-refractivity contribution in [2.45, 2.75) is 56.5 Å². The van der Waals surface area contributed by atoms with Crippen molar-refractivity contribution in [1.29, 1.82) is 0 Å². The number of benzene rings is 1. The first-order valence-corrected chi connectivity index (χ1v) is 9.72. The number of rotatable bonds is 3. The Balaban J connectivity index is 0.00000169. The van der Waals surface area contributed by atoms with E-state index in [-0.39, 0.29) is 24.2 Å². The predicted octanol–water partition coefficient (Wildman–Crippen LogP) is 4.00. The fourth-order valence-electron chi connectivity index (χ4n) is 4.89. The summed E-state index contributed by atoms with van der Waals surface area (Å²) in [6.07, 6.45) is 6.93. The number of halogens is 2. The van der Waals surface area contributed by atoms with E-state index in [9.17, 15) is 4.79 Å². The molecule has 4 rings (SSSR count). The second-order valence-corrected chi connectivity index (χ2v) is 8.64. The SMILES string of the molecule is Cl.NC1CC2CCCC(C1)C2NC(=O)C1CC1c1cccc(Br)c1. The number of carbonyl (C=O) groups is 1. The minimum Gasteiger partial charge on any atom is -0.353 e. The first kappa shape index (κ1) is 18.2. The molecule has 4 atom stereocenters. The summed E-state index contributed by atoms with van der Waals surface area (Å²) in [5, 5.41) is 3.41. The topological polar surface area (TPSA) is 55.1 Å². The summed E-state index contributed by atoms with van der Waals surface area (Å²) < 4.78 is 1.09. The minimum absolute atomic E-state index is 0. The van der Waals surface area contributed by atoms with E-state index < -0.39 is 0 Å². The van der Waals surface area contributed by atoms with E-state index in [1.807, 2.05) is 6.07 Å². The van der Waals surface area contributed by atoms with Crippen LogP contribution in [0.15, 0.2) is 28.7 Å². The van der Waals surface area contributed by atoms with Gasteiger partial charge in [0.05, 0.1) is 0 Å². The molecule has 3 fully saturated rings. The number of carbonyl (C=O) groups excluding carboxylic acids is 1. The van der Waals surface area contributed by atoms with Gasteiger partial charge in [-0.2, -0.15) is 0 Å². The second kappa shape index (κ2) is 7.35. The molecule has 1 aromatic carbocycles. The Bertz CT molecular complexity index is 597. The third-order valence-electron chi connectivity index (χ3n) is 6.09. The quantitative estimate of drug-likeness (QED) is 0.787. The molecule has 0 radical (unpaired) electrons. The van der Waals surface area contributed by atoms with Gasteiger partial charge < -0.3 is 11.1 Å². The first-order valence-electron chi connectivity index (χ1n) is 8.93. The van der Waals surface area contributed by atoms with Crippen LogP contribution in [0.2, 0.25) is 0 Å². The molecule has 1 amide bonds. The average Bonchev–Trinajstić information content (AvgIpc) is 3.29. The summed E-state index contributed by atoms with van der Waals surface area (Å²) in [7, 11) is 0. The van der Waals surface area contributed by atoms with E-state index in [1.54, 1.807) is 0 Å². The lowest BCUT2D eigenvalue weighted by atomic mass is 9.67. The van der Waals surface area contributed by atoms with Gasteiger partial charge in [-0.3, -0.25) is 4.79 Å². The largest absolute Gasteiger partial charge is 0.353 e. The summed E-state index contributed by atoms with van der Waals surface area (Å²) >= 11 is 3.52. The smallest absolute Gasteiger partial charge is 0.223 e. The Hall–Kier alpha value is -0.580. The molecule has 2 bridgehead atoms. The van der Waals surface area contributed by atoms with Gasteiger partial charge in [-0.25, -0.2) is 0 Å².